The van der Waals surface area contributed by atoms with Gasteiger partial charge in [-0.05, 0) is 41.0 Å². The normalized spacial score (nSPS) is 22.3. The zero-order valence-electron chi connectivity index (χ0n) is 22.1. The van der Waals surface area contributed by atoms with Crippen molar-refractivity contribution in [3.63, 3.8) is 0 Å². The van der Waals surface area contributed by atoms with Gasteiger partial charge in [-0.2, -0.15) is 0 Å². The van der Waals surface area contributed by atoms with E-state index in [1.54, 1.807) is 12.1 Å². The number of anilines is 2. The molecule has 2 saturated heterocycles. The van der Waals surface area contributed by atoms with Crippen LogP contribution in [0.25, 0.3) is 6.08 Å². The largest absolute Gasteiger partial charge is 0.451 e. The molecule has 208 valence electrons. The molecule has 4 aromatic carbocycles. The fourth-order valence-corrected chi connectivity index (χ4v) is 6.95. The van der Waals surface area contributed by atoms with Crippen LogP contribution in [-0.4, -0.2) is 29.9 Å². The molecule has 2 fully saturated rings. The van der Waals surface area contributed by atoms with Crippen LogP contribution < -0.4 is 9.80 Å². The van der Waals surface area contributed by atoms with Crippen LogP contribution in [0.5, 0.6) is 0 Å². The maximum absolute atomic E-state index is 14.4. The van der Waals surface area contributed by atoms with Crippen LogP contribution in [0.15, 0.2) is 109 Å². The maximum Gasteiger partial charge on any atom is 0.330 e. The molecule has 3 aliphatic rings. The standard InChI is InChI=1S/C34H24Cl2N2O4/c35-23-16-18-26(24(36)19-23)38-32(39)28-27-17-15-20-9-7-8-14-25(20)37(27)30(29(28)33(38)40)34(41)42-31(21-10-3-1-4-11-21)22-12-5-2-6-13-22/h1-19,27-31H/t27-,28-,29-,30+/m1/s1. The summed E-state index contributed by atoms with van der Waals surface area (Å²) in [6.45, 7) is 0. The summed E-state index contributed by atoms with van der Waals surface area (Å²) in [7, 11) is 0. The number of amides is 2. The average Bonchev–Trinajstić information content (AvgIpc) is 3.49. The molecular weight excluding hydrogens is 571 g/mol. The zero-order chi connectivity index (χ0) is 29.0. The predicted molar refractivity (Wildman–Crippen MR) is 162 cm³/mol. The Kier molecular flexibility index (Phi) is 6.60. The number of rotatable bonds is 5. The van der Waals surface area contributed by atoms with Crippen LogP contribution in [0, 0.1) is 11.8 Å². The quantitative estimate of drug-likeness (QED) is 0.190. The average molecular weight is 595 g/mol. The molecule has 0 saturated carbocycles. The predicted octanol–water partition coefficient (Wildman–Crippen LogP) is 6.72. The molecule has 4 aromatic rings. The summed E-state index contributed by atoms with van der Waals surface area (Å²) in [6.07, 6.45) is 3.13. The van der Waals surface area contributed by atoms with Gasteiger partial charge in [0.25, 0.3) is 0 Å². The highest BCUT2D eigenvalue weighted by Gasteiger charge is 2.65. The Morgan fingerprint density at radius 3 is 2.02 bits per heavy atom. The van der Waals surface area contributed by atoms with Crippen LogP contribution in [0.4, 0.5) is 11.4 Å². The number of halogens is 2. The molecule has 42 heavy (non-hydrogen) atoms. The van der Waals surface area contributed by atoms with Crippen LogP contribution in [-0.2, 0) is 19.1 Å². The second kappa shape index (κ2) is 10.5. The minimum Gasteiger partial charge on any atom is -0.451 e. The number of carbonyl (C=O) groups excluding carboxylic acids is 3. The van der Waals surface area contributed by atoms with E-state index in [-0.39, 0.29) is 10.7 Å². The Morgan fingerprint density at radius 1 is 0.738 bits per heavy atom. The molecule has 4 atom stereocenters. The van der Waals surface area contributed by atoms with Gasteiger partial charge in [0.2, 0.25) is 11.8 Å². The fraction of sp³-hybridized carbons (Fsp3) is 0.147. The van der Waals surface area contributed by atoms with Crippen molar-refractivity contribution in [2.45, 2.75) is 18.2 Å². The van der Waals surface area contributed by atoms with E-state index in [4.69, 9.17) is 27.9 Å². The van der Waals surface area contributed by atoms with E-state index in [9.17, 15) is 14.4 Å². The van der Waals surface area contributed by atoms with Gasteiger partial charge < -0.3 is 9.64 Å². The van der Waals surface area contributed by atoms with Crippen molar-refractivity contribution in [1.82, 2.24) is 0 Å². The molecule has 0 aliphatic carbocycles. The number of nitrogens with zero attached hydrogens (tertiary/aromatic N) is 2. The van der Waals surface area contributed by atoms with Crippen LogP contribution in [0.1, 0.15) is 22.8 Å². The van der Waals surface area contributed by atoms with E-state index in [2.05, 4.69) is 0 Å². The number of ether oxygens (including phenoxy) is 1. The van der Waals surface area contributed by atoms with E-state index in [0.717, 1.165) is 27.3 Å². The number of imide groups is 1. The third-order valence-corrected chi connectivity index (χ3v) is 8.78. The molecule has 0 unspecified atom stereocenters. The highest BCUT2D eigenvalue weighted by Crippen LogP contribution is 2.50. The molecule has 0 N–H and O–H groups in total. The van der Waals surface area contributed by atoms with Gasteiger partial charge in [-0.25, -0.2) is 9.69 Å². The van der Waals surface area contributed by atoms with Crippen LogP contribution in [0.2, 0.25) is 10.0 Å². The molecule has 2 amide bonds. The van der Waals surface area contributed by atoms with Gasteiger partial charge in [-0.1, -0.05) is 114 Å². The first-order valence-corrected chi connectivity index (χ1v) is 14.4. The van der Waals surface area contributed by atoms with Gasteiger partial charge in [-0.15, -0.1) is 0 Å². The Labute approximate surface area is 252 Å². The van der Waals surface area contributed by atoms with Gasteiger partial charge >= 0.3 is 5.97 Å². The molecular formula is C34H24Cl2N2O4. The highest BCUT2D eigenvalue weighted by molar-refractivity contribution is 6.38. The maximum atomic E-state index is 14.4. The Hall–Kier alpha value is -4.39. The molecule has 0 aromatic heterocycles. The smallest absolute Gasteiger partial charge is 0.330 e. The van der Waals surface area contributed by atoms with Crippen molar-refractivity contribution >= 4 is 58.4 Å². The van der Waals surface area contributed by atoms with Crippen molar-refractivity contribution in [3.05, 3.63) is 136 Å². The van der Waals surface area contributed by atoms with Gasteiger partial charge in [0, 0.05) is 10.7 Å². The third-order valence-electron chi connectivity index (χ3n) is 8.25. The van der Waals surface area contributed by atoms with Crippen molar-refractivity contribution in [3.8, 4) is 0 Å². The number of benzene rings is 4. The van der Waals surface area contributed by atoms with Crippen molar-refractivity contribution < 1.29 is 19.1 Å². The first kappa shape index (κ1) is 26.5. The summed E-state index contributed by atoms with van der Waals surface area (Å²) in [6, 6.07) is 29.6. The molecule has 0 bridgehead atoms. The number of para-hydroxylation sites is 1. The number of fused-ring (bicyclic) bond motifs is 5. The van der Waals surface area contributed by atoms with Crippen LogP contribution in [0.3, 0.4) is 0 Å². The Morgan fingerprint density at radius 2 is 1.36 bits per heavy atom. The Bertz CT molecular complexity index is 1700. The van der Waals surface area contributed by atoms with E-state index < -0.39 is 47.8 Å². The first-order chi connectivity index (χ1) is 20.4. The van der Waals surface area contributed by atoms with Gasteiger partial charge in [0.05, 0.1) is 28.6 Å². The summed E-state index contributed by atoms with van der Waals surface area (Å²) < 4.78 is 6.31. The molecule has 3 heterocycles. The van der Waals surface area contributed by atoms with Crippen LogP contribution >= 0.6 is 23.2 Å². The first-order valence-electron chi connectivity index (χ1n) is 13.6. The topological polar surface area (TPSA) is 66.9 Å². The van der Waals surface area contributed by atoms with Crippen molar-refractivity contribution in [1.29, 1.82) is 0 Å². The summed E-state index contributed by atoms with van der Waals surface area (Å²) in [5, 5.41) is 0.563. The SMILES string of the molecule is O=C(OC(c1ccccc1)c1ccccc1)[C@@H]1[C@@H]2C(=O)N(c3ccc(Cl)cc3Cl)C(=O)[C@@H]2[C@H]2C=Cc3ccccc3N21. The lowest BCUT2D eigenvalue weighted by Crippen LogP contribution is -2.49. The van der Waals surface area contributed by atoms with E-state index in [0.29, 0.717) is 5.02 Å². The summed E-state index contributed by atoms with van der Waals surface area (Å²) in [4.78, 5) is 45.6. The van der Waals surface area contributed by atoms with Gasteiger partial charge in [0.15, 0.2) is 6.10 Å². The van der Waals surface area contributed by atoms with Gasteiger partial charge in [-0.3, -0.25) is 9.59 Å². The zero-order valence-corrected chi connectivity index (χ0v) is 23.7. The fourth-order valence-electron chi connectivity index (χ4n) is 6.45. The van der Waals surface area contributed by atoms with Gasteiger partial charge in [0.1, 0.15) is 6.04 Å². The lowest BCUT2D eigenvalue weighted by atomic mass is 9.88. The third kappa shape index (κ3) is 4.21. The molecule has 8 heteroatoms. The summed E-state index contributed by atoms with van der Waals surface area (Å²) in [5.74, 6) is -3.28. The number of hydrogen-bond acceptors (Lipinski definition) is 5. The molecule has 0 spiro atoms. The molecule has 3 aliphatic heterocycles. The molecule has 7 rings (SSSR count). The van der Waals surface area contributed by atoms with E-state index >= 15 is 0 Å². The second-order valence-corrected chi connectivity index (χ2v) is 11.4. The lowest BCUT2D eigenvalue weighted by molar-refractivity contribution is -0.151. The highest BCUT2D eigenvalue weighted by atomic mass is 35.5. The number of carbonyl (C=O) groups is 3. The summed E-state index contributed by atoms with van der Waals surface area (Å²) in [5.41, 5.74) is 3.51. The monoisotopic (exact) mass is 594 g/mol. The molecule has 6 nitrogen and oxygen atoms in total. The minimum atomic E-state index is -1.05. The number of esters is 1. The molecule has 0 radical (unpaired) electrons. The van der Waals surface area contributed by atoms with E-state index in [1.165, 1.54) is 6.07 Å². The number of hydrogen-bond donors (Lipinski definition) is 0. The second-order valence-electron chi connectivity index (χ2n) is 10.6. The van der Waals surface area contributed by atoms with Crippen molar-refractivity contribution in [2.24, 2.45) is 11.8 Å². The minimum absolute atomic E-state index is 0.179. The lowest BCUT2D eigenvalue weighted by Gasteiger charge is -2.36. The Balaban J connectivity index is 1.32. The van der Waals surface area contributed by atoms with E-state index in [1.807, 2.05) is 102 Å². The summed E-state index contributed by atoms with van der Waals surface area (Å²) >= 11 is 12.6. The van der Waals surface area contributed by atoms with Crippen molar-refractivity contribution in [2.75, 3.05) is 9.80 Å².